The largest absolute Gasteiger partial charge is 0.310 e. The van der Waals surface area contributed by atoms with E-state index in [4.69, 9.17) is 0 Å². The van der Waals surface area contributed by atoms with Gasteiger partial charge in [-0.3, -0.25) is 0 Å². The van der Waals surface area contributed by atoms with Crippen LogP contribution in [0.25, 0.3) is 0 Å². The van der Waals surface area contributed by atoms with Crippen molar-refractivity contribution >= 4 is 11.3 Å². The van der Waals surface area contributed by atoms with Crippen LogP contribution in [0, 0.1) is 0 Å². The Labute approximate surface area is 132 Å². The van der Waals surface area contributed by atoms with Crippen molar-refractivity contribution in [1.29, 1.82) is 0 Å². The van der Waals surface area contributed by atoms with Gasteiger partial charge in [-0.1, -0.05) is 31.2 Å². The summed E-state index contributed by atoms with van der Waals surface area (Å²) < 4.78 is 0. The van der Waals surface area contributed by atoms with Crippen molar-refractivity contribution in [2.45, 2.75) is 51.0 Å². The van der Waals surface area contributed by atoms with E-state index in [0.29, 0.717) is 12.0 Å². The summed E-state index contributed by atoms with van der Waals surface area (Å²) in [5.74, 6) is 0.712. The second-order valence-corrected chi connectivity index (χ2v) is 6.87. The van der Waals surface area contributed by atoms with Crippen LogP contribution in [0.3, 0.4) is 0 Å². The van der Waals surface area contributed by atoms with Crippen LogP contribution in [-0.2, 0) is 6.42 Å². The number of hydrogen-bond acceptors (Lipinski definition) is 2. The van der Waals surface area contributed by atoms with Gasteiger partial charge in [0.05, 0.1) is 0 Å². The average molecular weight is 299 g/mol. The monoisotopic (exact) mass is 299 g/mol. The summed E-state index contributed by atoms with van der Waals surface area (Å²) in [6.45, 7) is 3.35. The minimum atomic E-state index is 0.507. The molecule has 3 rings (SSSR count). The van der Waals surface area contributed by atoms with Crippen molar-refractivity contribution in [3.05, 3.63) is 57.8 Å². The van der Waals surface area contributed by atoms with Crippen molar-refractivity contribution in [1.82, 2.24) is 5.32 Å². The third kappa shape index (κ3) is 3.56. The number of aryl methyl sites for hydroxylation is 1. The number of thiophene rings is 1. The lowest BCUT2D eigenvalue weighted by Crippen LogP contribution is -2.25. The predicted molar refractivity (Wildman–Crippen MR) is 92.1 cm³/mol. The highest BCUT2D eigenvalue weighted by Gasteiger charge is 2.24. The first kappa shape index (κ1) is 14.8. The molecule has 1 N–H and O–H groups in total. The molecule has 0 fully saturated rings. The van der Waals surface area contributed by atoms with Gasteiger partial charge in [0.2, 0.25) is 0 Å². The molecule has 2 aromatic rings. The van der Waals surface area contributed by atoms with Gasteiger partial charge >= 0.3 is 0 Å². The summed E-state index contributed by atoms with van der Waals surface area (Å²) in [5.41, 5.74) is 4.65. The fraction of sp³-hybridized carbons (Fsp3) is 0.474. The molecular formula is C19H25NS. The molecule has 1 aromatic heterocycles. The van der Waals surface area contributed by atoms with Crippen LogP contribution in [0.5, 0.6) is 0 Å². The lowest BCUT2D eigenvalue weighted by molar-refractivity contribution is 0.420. The number of benzene rings is 1. The zero-order valence-corrected chi connectivity index (χ0v) is 13.7. The summed E-state index contributed by atoms with van der Waals surface area (Å²) in [6.07, 6.45) is 6.37. The van der Waals surface area contributed by atoms with Crippen molar-refractivity contribution < 1.29 is 0 Å². The van der Waals surface area contributed by atoms with E-state index in [1.54, 1.807) is 11.1 Å². The minimum Gasteiger partial charge on any atom is -0.310 e. The Hall–Kier alpha value is -1.12. The summed E-state index contributed by atoms with van der Waals surface area (Å²) in [5, 5.41) is 8.26. The van der Waals surface area contributed by atoms with Gasteiger partial charge < -0.3 is 5.32 Å². The first-order valence-corrected chi connectivity index (χ1v) is 9.16. The molecular weight excluding hydrogens is 274 g/mol. The Balaban J connectivity index is 1.77. The first-order chi connectivity index (χ1) is 10.4. The number of nitrogens with one attached hydrogen (secondary N) is 1. The van der Waals surface area contributed by atoms with Crippen molar-refractivity contribution in [2.24, 2.45) is 0 Å². The van der Waals surface area contributed by atoms with Crippen LogP contribution >= 0.6 is 11.3 Å². The van der Waals surface area contributed by atoms with E-state index in [2.05, 4.69) is 53.3 Å². The SMILES string of the molecule is CCCNC(CC1CCCc2ccccc21)c1ccsc1. The summed E-state index contributed by atoms with van der Waals surface area (Å²) in [4.78, 5) is 0. The normalized spacial score (nSPS) is 19.2. The van der Waals surface area contributed by atoms with Crippen LogP contribution in [0.2, 0.25) is 0 Å². The lowest BCUT2D eigenvalue weighted by Gasteiger charge is -2.29. The van der Waals surface area contributed by atoms with E-state index < -0.39 is 0 Å². The molecule has 1 aliphatic carbocycles. The molecule has 0 bridgehead atoms. The third-order valence-electron chi connectivity index (χ3n) is 4.60. The molecule has 0 spiro atoms. The van der Waals surface area contributed by atoms with Crippen LogP contribution in [0.1, 0.15) is 61.3 Å². The van der Waals surface area contributed by atoms with Gasteiger partial charge in [0.1, 0.15) is 0 Å². The molecule has 2 atom stereocenters. The maximum atomic E-state index is 3.76. The number of fused-ring (bicyclic) bond motifs is 1. The van der Waals surface area contributed by atoms with Crippen LogP contribution in [-0.4, -0.2) is 6.54 Å². The van der Waals surface area contributed by atoms with E-state index >= 15 is 0 Å². The fourth-order valence-electron chi connectivity index (χ4n) is 3.51. The molecule has 0 amide bonds. The Morgan fingerprint density at radius 1 is 1.29 bits per heavy atom. The highest BCUT2D eigenvalue weighted by molar-refractivity contribution is 7.07. The van der Waals surface area contributed by atoms with E-state index in [1.165, 1.54) is 37.7 Å². The molecule has 0 radical (unpaired) electrons. The zero-order chi connectivity index (χ0) is 14.5. The quantitative estimate of drug-likeness (QED) is 0.763. The third-order valence-corrected chi connectivity index (χ3v) is 5.30. The second-order valence-electron chi connectivity index (χ2n) is 6.09. The molecule has 2 heteroatoms. The molecule has 1 aliphatic rings. The minimum absolute atomic E-state index is 0.507. The molecule has 0 aliphatic heterocycles. The van der Waals surface area contributed by atoms with Gasteiger partial charge in [-0.15, -0.1) is 0 Å². The van der Waals surface area contributed by atoms with Gasteiger partial charge in [-0.2, -0.15) is 11.3 Å². The van der Waals surface area contributed by atoms with Gasteiger partial charge in [0.15, 0.2) is 0 Å². The molecule has 21 heavy (non-hydrogen) atoms. The van der Waals surface area contributed by atoms with Gasteiger partial charge in [0, 0.05) is 6.04 Å². The Bertz CT molecular complexity index is 546. The summed E-state index contributed by atoms with van der Waals surface area (Å²) in [6, 6.07) is 11.9. The van der Waals surface area contributed by atoms with Crippen molar-refractivity contribution in [3.63, 3.8) is 0 Å². The average Bonchev–Trinajstić information content (AvgIpc) is 3.06. The Morgan fingerprint density at radius 3 is 3.00 bits per heavy atom. The van der Waals surface area contributed by atoms with Crippen LogP contribution in [0.15, 0.2) is 41.1 Å². The van der Waals surface area contributed by atoms with Gasteiger partial charge in [-0.25, -0.2) is 0 Å². The highest BCUT2D eigenvalue weighted by atomic mass is 32.1. The smallest absolute Gasteiger partial charge is 0.0334 e. The highest BCUT2D eigenvalue weighted by Crippen LogP contribution is 2.38. The lowest BCUT2D eigenvalue weighted by atomic mass is 9.79. The van der Waals surface area contributed by atoms with Gasteiger partial charge in [0.25, 0.3) is 0 Å². The van der Waals surface area contributed by atoms with Crippen LogP contribution in [0.4, 0.5) is 0 Å². The van der Waals surface area contributed by atoms with E-state index in [-0.39, 0.29) is 0 Å². The molecule has 1 heterocycles. The molecule has 1 nitrogen and oxygen atoms in total. The van der Waals surface area contributed by atoms with E-state index in [0.717, 1.165) is 6.54 Å². The number of hydrogen-bond donors (Lipinski definition) is 1. The predicted octanol–water partition coefficient (Wildman–Crippen LogP) is 5.30. The van der Waals surface area contributed by atoms with E-state index in [9.17, 15) is 0 Å². The Morgan fingerprint density at radius 2 is 2.19 bits per heavy atom. The number of rotatable bonds is 6. The topological polar surface area (TPSA) is 12.0 Å². The standard InChI is InChI=1S/C19H25NS/c1-2-11-20-19(17-10-12-21-14-17)13-16-8-5-7-15-6-3-4-9-18(15)16/h3-4,6,9-10,12,14,16,19-20H,2,5,7-8,11,13H2,1H3. The summed E-state index contributed by atoms with van der Waals surface area (Å²) >= 11 is 1.81. The summed E-state index contributed by atoms with van der Waals surface area (Å²) in [7, 11) is 0. The van der Waals surface area contributed by atoms with E-state index in [1.807, 2.05) is 11.3 Å². The maximum Gasteiger partial charge on any atom is 0.0334 e. The van der Waals surface area contributed by atoms with Crippen LogP contribution < -0.4 is 5.32 Å². The molecule has 2 unspecified atom stereocenters. The molecule has 1 aromatic carbocycles. The van der Waals surface area contributed by atoms with Gasteiger partial charge in [-0.05, 0) is 78.1 Å². The van der Waals surface area contributed by atoms with Crippen molar-refractivity contribution in [2.75, 3.05) is 6.54 Å². The fourth-order valence-corrected chi connectivity index (χ4v) is 4.23. The Kier molecular flexibility index (Phi) is 5.10. The maximum absolute atomic E-state index is 3.76. The zero-order valence-electron chi connectivity index (χ0n) is 12.8. The first-order valence-electron chi connectivity index (χ1n) is 8.21. The van der Waals surface area contributed by atoms with Crippen molar-refractivity contribution in [3.8, 4) is 0 Å². The molecule has 0 saturated heterocycles. The molecule has 112 valence electrons. The molecule has 0 saturated carbocycles. The second kappa shape index (κ2) is 7.24.